The fourth-order valence-corrected chi connectivity index (χ4v) is 4.26. The first-order valence-electron chi connectivity index (χ1n) is 10.1. The average Bonchev–Trinajstić information content (AvgIpc) is 2.74. The van der Waals surface area contributed by atoms with Crippen molar-refractivity contribution in [3.05, 3.63) is 59.7 Å². The van der Waals surface area contributed by atoms with Crippen molar-refractivity contribution in [1.82, 2.24) is 4.90 Å². The highest BCUT2D eigenvalue weighted by Crippen LogP contribution is 2.25. The lowest BCUT2D eigenvalue weighted by Gasteiger charge is -2.35. The summed E-state index contributed by atoms with van der Waals surface area (Å²) in [6.45, 7) is 11.7. The van der Waals surface area contributed by atoms with E-state index in [9.17, 15) is 4.79 Å². The number of anilines is 2. The minimum Gasteiger partial charge on any atom is -0.369 e. The Kier molecular flexibility index (Phi) is 7.40. The highest BCUT2D eigenvalue weighted by Gasteiger charge is 2.18. The van der Waals surface area contributed by atoms with Crippen LogP contribution in [0.3, 0.4) is 0 Å². The van der Waals surface area contributed by atoms with E-state index in [-0.39, 0.29) is 11.2 Å². The monoisotopic (exact) mass is 397 g/mol. The van der Waals surface area contributed by atoms with Crippen LogP contribution < -0.4 is 10.2 Å². The van der Waals surface area contributed by atoms with Crippen LogP contribution in [0, 0.1) is 6.92 Å². The van der Waals surface area contributed by atoms with Crippen molar-refractivity contribution in [3.8, 4) is 0 Å². The second kappa shape index (κ2) is 9.99. The van der Waals surface area contributed by atoms with E-state index in [0.29, 0.717) is 0 Å². The Labute approximate surface area is 173 Å². The molecule has 1 heterocycles. The molecule has 0 bridgehead atoms. The van der Waals surface area contributed by atoms with Gasteiger partial charge >= 0.3 is 0 Å². The molecule has 0 aliphatic carbocycles. The molecule has 0 spiro atoms. The summed E-state index contributed by atoms with van der Waals surface area (Å²) in [5.41, 5.74) is 4.52. The standard InChI is InChI=1S/C23H31N3OS/c1-4-25-12-14-26(15-13-25)21-10-11-22(18(2)16-21)24-23(27)19(3)28-17-20-8-6-5-7-9-20/h5-11,16,19H,4,12-15,17H2,1-3H3,(H,24,27)/t19-/m0/s1. The van der Waals surface area contributed by atoms with Crippen LogP contribution in [0.15, 0.2) is 48.5 Å². The molecule has 1 saturated heterocycles. The molecule has 0 saturated carbocycles. The molecule has 1 atom stereocenters. The third kappa shape index (κ3) is 5.52. The Morgan fingerprint density at radius 3 is 2.46 bits per heavy atom. The topological polar surface area (TPSA) is 35.6 Å². The Balaban J connectivity index is 1.54. The maximum atomic E-state index is 12.6. The highest BCUT2D eigenvalue weighted by molar-refractivity contribution is 7.99. The zero-order chi connectivity index (χ0) is 19.9. The zero-order valence-corrected chi connectivity index (χ0v) is 18.0. The van der Waals surface area contributed by atoms with Crippen LogP contribution >= 0.6 is 11.8 Å². The van der Waals surface area contributed by atoms with E-state index < -0.39 is 0 Å². The number of aryl methyl sites for hydroxylation is 1. The molecule has 150 valence electrons. The minimum absolute atomic E-state index is 0.0633. The van der Waals surface area contributed by atoms with Gasteiger partial charge in [-0.3, -0.25) is 4.79 Å². The molecule has 1 N–H and O–H groups in total. The van der Waals surface area contributed by atoms with Gasteiger partial charge in [0.25, 0.3) is 0 Å². The summed E-state index contributed by atoms with van der Waals surface area (Å²) in [6.07, 6.45) is 0. The number of rotatable bonds is 7. The number of carbonyl (C=O) groups is 1. The Bertz CT molecular complexity index is 773. The second-order valence-corrected chi connectivity index (χ2v) is 8.68. The van der Waals surface area contributed by atoms with Gasteiger partial charge in [0.2, 0.25) is 5.91 Å². The lowest BCUT2D eigenvalue weighted by atomic mass is 10.1. The number of likely N-dealkylation sites (N-methyl/N-ethyl adjacent to an activating group) is 1. The minimum atomic E-state index is -0.0959. The third-order valence-corrected chi connectivity index (χ3v) is 6.58. The number of piperazine rings is 1. The van der Waals surface area contributed by atoms with Gasteiger partial charge in [-0.25, -0.2) is 0 Å². The van der Waals surface area contributed by atoms with Crippen molar-refractivity contribution in [2.75, 3.05) is 42.9 Å². The highest BCUT2D eigenvalue weighted by atomic mass is 32.2. The average molecular weight is 398 g/mol. The number of benzene rings is 2. The summed E-state index contributed by atoms with van der Waals surface area (Å²) in [6, 6.07) is 16.7. The van der Waals surface area contributed by atoms with Crippen molar-refractivity contribution in [2.45, 2.75) is 31.8 Å². The molecule has 2 aromatic carbocycles. The van der Waals surface area contributed by atoms with E-state index >= 15 is 0 Å². The lowest BCUT2D eigenvalue weighted by Crippen LogP contribution is -2.46. The van der Waals surface area contributed by atoms with Gasteiger partial charge < -0.3 is 15.1 Å². The molecule has 1 aliphatic heterocycles. The normalized spacial score (nSPS) is 16.0. The fraction of sp³-hybridized carbons (Fsp3) is 0.435. The van der Waals surface area contributed by atoms with Crippen LogP contribution in [0.1, 0.15) is 25.0 Å². The number of hydrogen-bond acceptors (Lipinski definition) is 4. The predicted molar refractivity (Wildman–Crippen MR) is 121 cm³/mol. The number of nitrogens with one attached hydrogen (secondary N) is 1. The largest absolute Gasteiger partial charge is 0.369 e. The van der Waals surface area contributed by atoms with Crippen LogP contribution in [0.2, 0.25) is 0 Å². The van der Waals surface area contributed by atoms with Crippen LogP contribution in [0.5, 0.6) is 0 Å². The smallest absolute Gasteiger partial charge is 0.237 e. The molecule has 1 aliphatic rings. The quantitative estimate of drug-likeness (QED) is 0.751. The molecular formula is C23H31N3OS. The lowest BCUT2D eigenvalue weighted by molar-refractivity contribution is -0.115. The van der Waals surface area contributed by atoms with E-state index in [1.807, 2.05) is 31.2 Å². The van der Waals surface area contributed by atoms with Crippen molar-refractivity contribution >= 4 is 29.0 Å². The van der Waals surface area contributed by atoms with Gasteiger partial charge in [-0.05, 0) is 49.7 Å². The van der Waals surface area contributed by atoms with E-state index in [2.05, 4.69) is 53.2 Å². The van der Waals surface area contributed by atoms with Gasteiger partial charge in [0, 0.05) is 43.3 Å². The van der Waals surface area contributed by atoms with E-state index in [1.165, 1.54) is 11.3 Å². The van der Waals surface area contributed by atoms with Crippen LogP contribution in [-0.2, 0) is 10.5 Å². The molecule has 0 radical (unpaired) electrons. The SMILES string of the molecule is CCN1CCN(c2ccc(NC(=O)[C@H](C)SCc3ccccc3)c(C)c2)CC1. The maximum Gasteiger partial charge on any atom is 0.237 e. The summed E-state index contributed by atoms with van der Waals surface area (Å²) in [5.74, 6) is 0.908. The van der Waals surface area contributed by atoms with Crippen molar-refractivity contribution in [1.29, 1.82) is 0 Å². The van der Waals surface area contributed by atoms with Gasteiger partial charge in [-0.1, -0.05) is 37.3 Å². The zero-order valence-electron chi connectivity index (χ0n) is 17.1. The van der Waals surface area contributed by atoms with Crippen molar-refractivity contribution in [2.24, 2.45) is 0 Å². The summed E-state index contributed by atoms with van der Waals surface area (Å²) < 4.78 is 0. The van der Waals surface area contributed by atoms with Gasteiger partial charge in [-0.15, -0.1) is 11.8 Å². The number of hydrogen-bond donors (Lipinski definition) is 1. The second-order valence-electron chi connectivity index (χ2n) is 7.35. The van der Waals surface area contributed by atoms with Crippen molar-refractivity contribution in [3.63, 3.8) is 0 Å². The van der Waals surface area contributed by atoms with Gasteiger partial charge in [0.1, 0.15) is 0 Å². The molecule has 0 aromatic heterocycles. The van der Waals surface area contributed by atoms with Crippen LogP contribution in [0.4, 0.5) is 11.4 Å². The number of nitrogens with zero attached hydrogens (tertiary/aromatic N) is 2. The van der Waals surface area contributed by atoms with Crippen LogP contribution in [0.25, 0.3) is 0 Å². The first-order chi connectivity index (χ1) is 13.6. The molecule has 0 unspecified atom stereocenters. The number of thioether (sulfide) groups is 1. The molecule has 1 fully saturated rings. The Morgan fingerprint density at radius 1 is 1.11 bits per heavy atom. The molecule has 1 amide bonds. The number of carbonyl (C=O) groups excluding carboxylic acids is 1. The third-order valence-electron chi connectivity index (χ3n) is 5.36. The van der Waals surface area contributed by atoms with Gasteiger partial charge in [0.05, 0.1) is 5.25 Å². The van der Waals surface area contributed by atoms with Gasteiger partial charge in [-0.2, -0.15) is 0 Å². The first-order valence-corrected chi connectivity index (χ1v) is 11.2. The number of amides is 1. The fourth-order valence-electron chi connectivity index (χ4n) is 3.41. The molecular weight excluding hydrogens is 366 g/mol. The molecule has 3 rings (SSSR count). The molecule has 2 aromatic rings. The summed E-state index contributed by atoms with van der Waals surface area (Å²) in [7, 11) is 0. The Morgan fingerprint density at radius 2 is 1.82 bits per heavy atom. The van der Waals surface area contributed by atoms with Crippen LogP contribution in [-0.4, -0.2) is 48.8 Å². The van der Waals surface area contributed by atoms with Crippen molar-refractivity contribution < 1.29 is 4.79 Å². The van der Waals surface area contributed by atoms with Gasteiger partial charge in [0.15, 0.2) is 0 Å². The molecule has 5 heteroatoms. The maximum absolute atomic E-state index is 12.6. The predicted octanol–water partition coefficient (Wildman–Crippen LogP) is 4.40. The summed E-state index contributed by atoms with van der Waals surface area (Å²) in [4.78, 5) is 17.5. The molecule has 28 heavy (non-hydrogen) atoms. The van der Waals surface area contributed by atoms with E-state index in [1.54, 1.807) is 11.8 Å². The summed E-state index contributed by atoms with van der Waals surface area (Å²) >= 11 is 1.67. The first kappa shape index (κ1) is 20.7. The Hall–Kier alpha value is -1.98. The van der Waals surface area contributed by atoms with E-state index in [0.717, 1.165) is 49.7 Å². The van der Waals surface area contributed by atoms with E-state index in [4.69, 9.17) is 0 Å². The summed E-state index contributed by atoms with van der Waals surface area (Å²) in [5, 5.41) is 3.01. The molecule has 4 nitrogen and oxygen atoms in total.